The number of phenols is 1. The van der Waals surface area contributed by atoms with Gasteiger partial charge in [-0.05, 0) is 49.2 Å². The fourth-order valence-electron chi connectivity index (χ4n) is 2.12. The number of benzene rings is 2. The first kappa shape index (κ1) is 10.8. The van der Waals surface area contributed by atoms with Gasteiger partial charge in [0.1, 0.15) is 11.6 Å². The molecule has 0 aliphatic rings. The van der Waals surface area contributed by atoms with Crippen LogP contribution in [0.15, 0.2) is 36.4 Å². The first-order valence-corrected chi connectivity index (χ1v) is 5.90. The molecule has 0 amide bonds. The van der Waals surface area contributed by atoms with Crippen LogP contribution < -0.4 is 0 Å². The second kappa shape index (κ2) is 3.88. The first-order valence-electron chi connectivity index (χ1n) is 5.90. The molecular weight excluding hydrogens is 224 g/mol. The number of rotatable bonds is 1. The molecular formula is C15H14N2O. The summed E-state index contributed by atoms with van der Waals surface area (Å²) in [6, 6.07) is 11.6. The minimum absolute atomic E-state index is 0.311. The van der Waals surface area contributed by atoms with Gasteiger partial charge in [-0.3, -0.25) is 0 Å². The SMILES string of the molecule is Cc1cc(-c2nc3c(C)cccc3[nH]2)ccc1O. The smallest absolute Gasteiger partial charge is 0.138 e. The monoisotopic (exact) mass is 238 g/mol. The molecule has 3 rings (SSSR count). The van der Waals surface area contributed by atoms with Crippen LogP contribution in [0.1, 0.15) is 11.1 Å². The lowest BCUT2D eigenvalue weighted by atomic mass is 10.1. The van der Waals surface area contributed by atoms with Crippen LogP contribution in [0.5, 0.6) is 5.75 Å². The molecule has 0 atom stereocenters. The number of nitrogens with zero attached hydrogens (tertiary/aromatic N) is 1. The minimum atomic E-state index is 0.311. The number of para-hydroxylation sites is 1. The summed E-state index contributed by atoms with van der Waals surface area (Å²) in [6.45, 7) is 3.93. The zero-order valence-corrected chi connectivity index (χ0v) is 10.4. The molecule has 2 aromatic carbocycles. The van der Waals surface area contributed by atoms with E-state index in [9.17, 15) is 5.11 Å². The number of H-pyrrole nitrogens is 1. The van der Waals surface area contributed by atoms with E-state index in [0.717, 1.165) is 33.5 Å². The van der Waals surface area contributed by atoms with E-state index in [1.807, 2.05) is 31.2 Å². The van der Waals surface area contributed by atoms with E-state index in [2.05, 4.69) is 23.0 Å². The summed E-state index contributed by atoms with van der Waals surface area (Å²) in [5.41, 5.74) is 5.03. The van der Waals surface area contributed by atoms with E-state index in [4.69, 9.17) is 0 Å². The van der Waals surface area contributed by atoms with Crippen molar-refractivity contribution in [1.29, 1.82) is 0 Å². The Kier molecular flexibility index (Phi) is 2.33. The normalized spacial score (nSPS) is 11.0. The van der Waals surface area contributed by atoms with E-state index in [0.29, 0.717) is 5.75 Å². The van der Waals surface area contributed by atoms with Gasteiger partial charge in [-0.2, -0.15) is 0 Å². The van der Waals surface area contributed by atoms with Crippen molar-refractivity contribution in [3.63, 3.8) is 0 Å². The first-order chi connectivity index (χ1) is 8.65. The Balaban J connectivity index is 2.19. The van der Waals surface area contributed by atoms with Crippen LogP contribution in [0.25, 0.3) is 22.4 Å². The minimum Gasteiger partial charge on any atom is -0.508 e. The number of fused-ring (bicyclic) bond motifs is 1. The number of imidazole rings is 1. The third-order valence-corrected chi connectivity index (χ3v) is 3.18. The number of aryl methyl sites for hydroxylation is 2. The van der Waals surface area contributed by atoms with Crippen LogP contribution in [-0.2, 0) is 0 Å². The van der Waals surface area contributed by atoms with Crippen molar-refractivity contribution < 1.29 is 5.11 Å². The van der Waals surface area contributed by atoms with Gasteiger partial charge in [-0.15, -0.1) is 0 Å². The van der Waals surface area contributed by atoms with Crippen LogP contribution in [-0.4, -0.2) is 15.1 Å². The molecule has 3 nitrogen and oxygen atoms in total. The highest BCUT2D eigenvalue weighted by Gasteiger charge is 2.07. The molecule has 3 heteroatoms. The fourth-order valence-corrected chi connectivity index (χ4v) is 2.12. The van der Waals surface area contributed by atoms with Crippen LogP contribution in [0.3, 0.4) is 0 Å². The molecule has 0 aliphatic carbocycles. The van der Waals surface area contributed by atoms with Gasteiger partial charge in [0.25, 0.3) is 0 Å². The van der Waals surface area contributed by atoms with Gasteiger partial charge in [0.2, 0.25) is 0 Å². The standard InChI is InChI=1S/C15H14N2O/c1-9-4-3-5-12-14(9)17-15(16-12)11-6-7-13(18)10(2)8-11/h3-8,18H,1-2H3,(H,16,17). The van der Waals surface area contributed by atoms with Crippen LogP contribution in [0.2, 0.25) is 0 Å². The summed E-state index contributed by atoms with van der Waals surface area (Å²) in [5.74, 6) is 1.15. The topological polar surface area (TPSA) is 48.9 Å². The molecule has 0 spiro atoms. The lowest BCUT2D eigenvalue weighted by Gasteiger charge is -2.01. The maximum atomic E-state index is 9.54. The molecule has 1 aromatic heterocycles. The Hall–Kier alpha value is -2.29. The van der Waals surface area contributed by atoms with Crippen LogP contribution in [0.4, 0.5) is 0 Å². The summed E-state index contributed by atoms with van der Waals surface area (Å²) in [4.78, 5) is 7.92. The number of hydrogen-bond donors (Lipinski definition) is 2. The zero-order chi connectivity index (χ0) is 12.7. The highest BCUT2D eigenvalue weighted by Crippen LogP contribution is 2.26. The van der Waals surface area contributed by atoms with Crippen LogP contribution >= 0.6 is 0 Å². The zero-order valence-electron chi connectivity index (χ0n) is 10.4. The largest absolute Gasteiger partial charge is 0.508 e. The Bertz CT molecular complexity index is 728. The van der Waals surface area contributed by atoms with E-state index in [1.54, 1.807) is 6.07 Å². The highest BCUT2D eigenvalue weighted by atomic mass is 16.3. The third kappa shape index (κ3) is 1.64. The summed E-state index contributed by atoms with van der Waals surface area (Å²) in [5, 5.41) is 9.54. The second-order valence-electron chi connectivity index (χ2n) is 4.56. The number of phenolic OH excluding ortho intramolecular Hbond substituents is 1. The van der Waals surface area contributed by atoms with Crippen molar-refractivity contribution in [3.05, 3.63) is 47.5 Å². The summed E-state index contributed by atoms with van der Waals surface area (Å²) < 4.78 is 0. The lowest BCUT2D eigenvalue weighted by Crippen LogP contribution is -1.82. The van der Waals surface area contributed by atoms with E-state index < -0.39 is 0 Å². The molecule has 0 saturated carbocycles. The molecule has 2 N–H and O–H groups in total. The van der Waals surface area contributed by atoms with Gasteiger partial charge in [0.05, 0.1) is 11.0 Å². The number of nitrogens with one attached hydrogen (secondary N) is 1. The molecule has 0 saturated heterocycles. The molecule has 0 fully saturated rings. The van der Waals surface area contributed by atoms with Gasteiger partial charge < -0.3 is 10.1 Å². The van der Waals surface area contributed by atoms with Gasteiger partial charge in [-0.1, -0.05) is 12.1 Å². The maximum Gasteiger partial charge on any atom is 0.138 e. The fraction of sp³-hybridized carbons (Fsp3) is 0.133. The number of aromatic amines is 1. The molecule has 1 heterocycles. The molecule has 3 aromatic rings. The third-order valence-electron chi connectivity index (χ3n) is 3.18. The summed E-state index contributed by atoms with van der Waals surface area (Å²) in [6.07, 6.45) is 0. The molecule has 0 radical (unpaired) electrons. The molecule has 0 bridgehead atoms. The van der Waals surface area contributed by atoms with Gasteiger partial charge >= 0.3 is 0 Å². The predicted molar refractivity (Wildman–Crippen MR) is 72.7 cm³/mol. The molecule has 18 heavy (non-hydrogen) atoms. The molecule has 90 valence electrons. The van der Waals surface area contributed by atoms with Crippen molar-refractivity contribution in [2.24, 2.45) is 0 Å². The van der Waals surface area contributed by atoms with E-state index in [-0.39, 0.29) is 0 Å². The van der Waals surface area contributed by atoms with Crippen molar-refractivity contribution in [2.75, 3.05) is 0 Å². The van der Waals surface area contributed by atoms with Crippen LogP contribution in [0, 0.1) is 13.8 Å². The highest BCUT2D eigenvalue weighted by molar-refractivity contribution is 5.82. The summed E-state index contributed by atoms with van der Waals surface area (Å²) >= 11 is 0. The second-order valence-corrected chi connectivity index (χ2v) is 4.56. The van der Waals surface area contributed by atoms with Crippen molar-refractivity contribution >= 4 is 11.0 Å². The Labute approximate surface area is 105 Å². The van der Waals surface area contributed by atoms with E-state index in [1.165, 1.54) is 0 Å². The van der Waals surface area contributed by atoms with Gasteiger partial charge in [0.15, 0.2) is 0 Å². The van der Waals surface area contributed by atoms with Crippen molar-refractivity contribution in [1.82, 2.24) is 9.97 Å². The Morgan fingerprint density at radius 1 is 1.06 bits per heavy atom. The Morgan fingerprint density at radius 2 is 1.89 bits per heavy atom. The van der Waals surface area contributed by atoms with Gasteiger partial charge in [0, 0.05) is 5.56 Å². The van der Waals surface area contributed by atoms with Crippen molar-refractivity contribution in [3.8, 4) is 17.1 Å². The average molecular weight is 238 g/mol. The number of hydrogen-bond acceptors (Lipinski definition) is 2. The average Bonchev–Trinajstić information content (AvgIpc) is 2.78. The van der Waals surface area contributed by atoms with Gasteiger partial charge in [-0.25, -0.2) is 4.98 Å². The summed E-state index contributed by atoms with van der Waals surface area (Å²) in [7, 11) is 0. The Morgan fingerprint density at radius 3 is 2.61 bits per heavy atom. The number of aromatic nitrogens is 2. The quantitative estimate of drug-likeness (QED) is 0.681. The molecule has 0 aliphatic heterocycles. The predicted octanol–water partition coefficient (Wildman–Crippen LogP) is 3.55. The van der Waals surface area contributed by atoms with Crippen molar-refractivity contribution in [2.45, 2.75) is 13.8 Å². The van der Waals surface area contributed by atoms with E-state index >= 15 is 0 Å². The maximum absolute atomic E-state index is 9.54. The lowest BCUT2D eigenvalue weighted by molar-refractivity contribution is 0.471. The number of aromatic hydroxyl groups is 1. The molecule has 0 unspecified atom stereocenters.